The lowest BCUT2D eigenvalue weighted by Gasteiger charge is -2.05. The molecule has 4 heteroatoms. The Bertz CT molecular complexity index is 391. The van der Waals surface area contributed by atoms with Crippen molar-refractivity contribution in [3.63, 3.8) is 0 Å². The summed E-state index contributed by atoms with van der Waals surface area (Å²) in [6.45, 7) is 1.91. The van der Waals surface area contributed by atoms with Crippen molar-refractivity contribution in [2.45, 2.75) is 13.5 Å². The van der Waals surface area contributed by atoms with Gasteiger partial charge >= 0.3 is 0 Å². The molecule has 68 valence electrons. The molecule has 0 saturated heterocycles. The lowest BCUT2D eigenvalue weighted by atomic mass is 10.2. The quantitative estimate of drug-likeness (QED) is 0.685. The zero-order valence-electron chi connectivity index (χ0n) is 7.20. The fourth-order valence-corrected chi connectivity index (χ4v) is 0.981. The third-order valence-corrected chi connectivity index (χ3v) is 1.64. The van der Waals surface area contributed by atoms with Crippen LogP contribution in [0.4, 0.5) is 4.39 Å². The molecule has 3 nitrogen and oxygen atoms in total. The number of hydrogen-bond donors (Lipinski definition) is 0. The number of aromatic nitrogens is 1. The van der Waals surface area contributed by atoms with Crippen molar-refractivity contribution in [2.24, 2.45) is 5.92 Å². The molecule has 0 N–H and O–H groups in total. The highest BCUT2D eigenvalue weighted by atomic mass is 19.1. The van der Waals surface area contributed by atoms with Gasteiger partial charge in [-0.25, -0.2) is 4.39 Å². The molecule has 0 aliphatic carbocycles. The highest BCUT2D eigenvalue weighted by Crippen LogP contribution is 1.98. The van der Waals surface area contributed by atoms with Crippen molar-refractivity contribution < 1.29 is 4.39 Å². The third-order valence-electron chi connectivity index (χ3n) is 1.64. The molecule has 1 aromatic rings. The van der Waals surface area contributed by atoms with Crippen molar-refractivity contribution >= 4 is 0 Å². The number of rotatable bonds is 2. The van der Waals surface area contributed by atoms with Crippen molar-refractivity contribution in [2.75, 3.05) is 0 Å². The number of halogens is 1. The maximum Gasteiger partial charge on any atom is 0.250 e. The predicted octanol–water partition coefficient (Wildman–Crippen LogP) is 1.15. The molecule has 0 spiro atoms. The lowest BCUT2D eigenvalue weighted by molar-refractivity contribution is 0.533. The molecular formula is C9H9FN2O. The third kappa shape index (κ3) is 2.41. The van der Waals surface area contributed by atoms with Crippen LogP contribution in [0.1, 0.15) is 6.92 Å². The van der Waals surface area contributed by atoms with Gasteiger partial charge in [-0.1, -0.05) is 0 Å². The standard InChI is InChI=1S/C9H9FN2O/c1-7(4-11)5-12-6-8(10)2-3-9(12)13/h2-3,6-7H,5H2,1H3. The van der Waals surface area contributed by atoms with E-state index in [1.54, 1.807) is 6.92 Å². The molecule has 13 heavy (non-hydrogen) atoms. The van der Waals surface area contributed by atoms with Crippen molar-refractivity contribution in [3.8, 4) is 6.07 Å². The van der Waals surface area contributed by atoms with Gasteiger partial charge in [-0.05, 0) is 13.0 Å². The zero-order valence-corrected chi connectivity index (χ0v) is 7.20. The summed E-state index contributed by atoms with van der Waals surface area (Å²) in [6.07, 6.45) is 1.11. The summed E-state index contributed by atoms with van der Waals surface area (Å²) in [5.41, 5.74) is -0.288. The maximum atomic E-state index is 12.7. The van der Waals surface area contributed by atoms with Gasteiger partial charge in [-0.15, -0.1) is 0 Å². The molecule has 1 heterocycles. The fraction of sp³-hybridized carbons (Fsp3) is 0.333. The van der Waals surface area contributed by atoms with Crippen LogP contribution in [0, 0.1) is 23.1 Å². The molecule has 1 atom stereocenters. The molecular weight excluding hydrogens is 171 g/mol. The minimum atomic E-state index is -0.468. The van der Waals surface area contributed by atoms with E-state index in [9.17, 15) is 9.18 Å². The van der Waals surface area contributed by atoms with E-state index in [1.165, 1.54) is 4.57 Å². The Morgan fingerprint density at radius 2 is 2.38 bits per heavy atom. The van der Waals surface area contributed by atoms with Gasteiger partial charge in [-0.3, -0.25) is 4.79 Å². The summed E-state index contributed by atoms with van der Waals surface area (Å²) in [4.78, 5) is 11.1. The maximum absolute atomic E-state index is 12.7. The van der Waals surface area contributed by atoms with Gasteiger partial charge in [0.25, 0.3) is 5.56 Å². The highest BCUT2D eigenvalue weighted by Gasteiger charge is 2.03. The molecule has 0 aliphatic heterocycles. The average Bonchev–Trinajstić information content (AvgIpc) is 2.11. The van der Waals surface area contributed by atoms with Gasteiger partial charge in [0.1, 0.15) is 5.82 Å². The van der Waals surface area contributed by atoms with Gasteiger partial charge in [-0.2, -0.15) is 5.26 Å². The van der Waals surface area contributed by atoms with Crippen LogP contribution >= 0.6 is 0 Å². The molecule has 0 saturated carbocycles. The van der Waals surface area contributed by atoms with Crippen molar-refractivity contribution in [1.29, 1.82) is 5.26 Å². The summed E-state index contributed by atoms with van der Waals surface area (Å²) in [5.74, 6) is -0.760. The Morgan fingerprint density at radius 3 is 3.00 bits per heavy atom. The Labute approximate surface area is 75.0 Å². The Kier molecular flexibility index (Phi) is 2.80. The molecule has 0 amide bonds. The number of hydrogen-bond acceptors (Lipinski definition) is 2. The fourth-order valence-electron chi connectivity index (χ4n) is 0.981. The molecule has 1 rings (SSSR count). The Morgan fingerprint density at radius 1 is 1.69 bits per heavy atom. The molecule has 0 fully saturated rings. The first-order valence-electron chi connectivity index (χ1n) is 3.89. The molecule has 0 bridgehead atoms. The summed E-state index contributed by atoms with van der Waals surface area (Å²) in [5, 5.41) is 8.50. The normalized spacial score (nSPS) is 12.1. The smallest absolute Gasteiger partial charge is 0.250 e. The van der Waals surface area contributed by atoms with E-state index in [0.29, 0.717) is 0 Å². The van der Waals surface area contributed by atoms with Crippen molar-refractivity contribution in [3.05, 3.63) is 34.5 Å². The van der Waals surface area contributed by atoms with Crippen LogP contribution in [0.15, 0.2) is 23.1 Å². The zero-order chi connectivity index (χ0) is 9.84. The molecule has 0 aromatic carbocycles. The van der Waals surface area contributed by atoms with Crippen molar-refractivity contribution in [1.82, 2.24) is 4.57 Å². The van der Waals surface area contributed by atoms with Crippen LogP contribution < -0.4 is 5.56 Å². The number of pyridine rings is 1. The van der Waals surface area contributed by atoms with Crippen LogP contribution in [0.25, 0.3) is 0 Å². The summed E-state index contributed by atoms with van der Waals surface area (Å²) in [6, 6.07) is 4.24. The van der Waals surface area contributed by atoms with E-state index in [1.807, 2.05) is 6.07 Å². The lowest BCUT2D eigenvalue weighted by Crippen LogP contribution is -2.21. The van der Waals surface area contributed by atoms with Crippen LogP contribution in [0.3, 0.4) is 0 Å². The molecule has 0 aliphatic rings. The minimum absolute atomic E-state index is 0.229. The predicted molar refractivity (Wildman–Crippen MR) is 45.4 cm³/mol. The second-order valence-corrected chi connectivity index (χ2v) is 2.87. The van der Waals surface area contributed by atoms with Crippen LogP contribution in [-0.4, -0.2) is 4.57 Å². The van der Waals surface area contributed by atoms with Crippen LogP contribution in [0.2, 0.25) is 0 Å². The van der Waals surface area contributed by atoms with E-state index < -0.39 is 5.82 Å². The second kappa shape index (κ2) is 3.85. The monoisotopic (exact) mass is 180 g/mol. The summed E-state index contributed by atoms with van der Waals surface area (Å²) < 4.78 is 13.9. The first-order chi connectivity index (χ1) is 6.13. The topological polar surface area (TPSA) is 45.8 Å². The average molecular weight is 180 g/mol. The van der Waals surface area contributed by atoms with Gasteiger partial charge in [0.05, 0.1) is 12.0 Å². The summed E-state index contributed by atoms with van der Waals surface area (Å²) >= 11 is 0. The van der Waals surface area contributed by atoms with E-state index in [-0.39, 0.29) is 18.0 Å². The number of nitriles is 1. The minimum Gasteiger partial charge on any atom is -0.311 e. The SMILES string of the molecule is CC(C#N)Cn1cc(F)ccc1=O. The van der Waals surface area contributed by atoms with E-state index in [2.05, 4.69) is 0 Å². The van der Waals surface area contributed by atoms with E-state index in [4.69, 9.17) is 5.26 Å². The first kappa shape index (κ1) is 9.46. The Hall–Kier alpha value is -1.63. The van der Waals surface area contributed by atoms with Gasteiger partial charge in [0.15, 0.2) is 0 Å². The number of nitrogens with zero attached hydrogens (tertiary/aromatic N) is 2. The van der Waals surface area contributed by atoms with Gasteiger partial charge in [0, 0.05) is 18.8 Å². The van der Waals surface area contributed by atoms with E-state index in [0.717, 1.165) is 18.3 Å². The van der Waals surface area contributed by atoms with Crippen LogP contribution in [-0.2, 0) is 6.54 Å². The first-order valence-corrected chi connectivity index (χ1v) is 3.89. The molecule has 1 aromatic heterocycles. The van der Waals surface area contributed by atoms with Crippen LogP contribution in [0.5, 0.6) is 0 Å². The van der Waals surface area contributed by atoms with Gasteiger partial charge in [0.2, 0.25) is 0 Å². The van der Waals surface area contributed by atoms with Gasteiger partial charge < -0.3 is 4.57 Å². The highest BCUT2D eigenvalue weighted by molar-refractivity contribution is 4.97. The second-order valence-electron chi connectivity index (χ2n) is 2.87. The summed E-state index contributed by atoms with van der Waals surface area (Å²) in [7, 11) is 0. The largest absolute Gasteiger partial charge is 0.311 e. The van der Waals surface area contributed by atoms with E-state index >= 15 is 0 Å². The molecule has 0 radical (unpaired) electrons. The molecule has 1 unspecified atom stereocenters. The Balaban J connectivity index is 2.95.